The van der Waals surface area contributed by atoms with E-state index in [2.05, 4.69) is 45.1 Å². The van der Waals surface area contributed by atoms with Crippen LogP contribution in [0.1, 0.15) is 46.7 Å². The van der Waals surface area contributed by atoms with Gasteiger partial charge in [-0.05, 0) is 79.7 Å². The van der Waals surface area contributed by atoms with E-state index in [4.69, 9.17) is 12.2 Å². The minimum absolute atomic E-state index is 0.150. The maximum Gasteiger partial charge on any atom is 0.226 e. The van der Waals surface area contributed by atoms with E-state index < -0.39 is 5.82 Å². The molecule has 7 nitrogen and oxygen atoms in total. The minimum Gasteiger partial charge on any atom is -0.352 e. The average molecular weight is 529 g/mol. The molecule has 1 amide bonds. The first kappa shape index (κ1) is 25.5. The zero-order valence-electron chi connectivity index (χ0n) is 21.3. The molecule has 4 aromatic rings. The third kappa shape index (κ3) is 5.28. The molecule has 1 aromatic carbocycles. The number of anilines is 1. The van der Waals surface area contributed by atoms with E-state index in [9.17, 15) is 9.18 Å². The fourth-order valence-corrected chi connectivity index (χ4v) is 5.36. The Morgan fingerprint density at radius 2 is 1.84 bits per heavy atom. The molecular weight excluding hydrogens is 499 g/mol. The van der Waals surface area contributed by atoms with Gasteiger partial charge in [0, 0.05) is 49.5 Å². The number of aryl methyl sites for hydroxylation is 1. The summed E-state index contributed by atoms with van der Waals surface area (Å²) in [5.41, 5.74) is 5.58. The zero-order valence-corrected chi connectivity index (χ0v) is 22.1. The van der Waals surface area contributed by atoms with Crippen LogP contribution < -0.4 is 10.6 Å². The van der Waals surface area contributed by atoms with Gasteiger partial charge in [0.1, 0.15) is 5.82 Å². The van der Waals surface area contributed by atoms with Crippen LogP contribution in [-0.4, -0.2) is 37.0 Å². The number of thiocarbonyl (C=S) groups is 1. The van der Waals surface area contributed by atoms with E-state index in [1.54, 1.807) is 36.8 Å². The lowest BCUT2D eigenvalue weighted by Gasteiger charge is -2.28. The first-order chi connectivity index (χ1) is 18.4. The SMILES string of the molecule is Cc1cc([C@@H]2[C@H](c3ccccn3)NC(=S)N2CCC(=O)Nc2ccccc2F)c(C)n1Cc1ccncc1. The van der Waals surface area contributed by atoms with Gasteiger partial charge in [0.05, 0.1) is 23.5 Å². The number of hydrogen-bond donors (Lipinski definition) is 2. The van der Waals surface area contributed by atoms with Gasteiger partial charge in [0.25, 0.3) is 0 Å². The van der Waals surface area contributed by atoms with Gasteiger partial charge in [-0.25, -0.2) is 4.39 Å². The Bertz CT molecular complexity index is 1440. The first-order valence-corrected chi connectivity index (χ1v) is 12.9. The molecule has 1 fully saturated rings. The zero-order chi connectivity index (χ0) is 26.6. The molecule has 4 heterocycles. The molecule has 3 aromatic heterocycles. The number of rotatable bonds is 8. The fourth-order valence-electron chi connectivity index (χ4n) is 5.02. The number of carbonyl (C=O) groups excluding carboxylic acids is 1. The Balaban J connectivity index is 1.43. The Kier molecular flexibility index (Phi) is 7.46. The second-order valence-electron chi connectivity index (χ2n) is 9.37. The summed E-state index contributed by atoms with van der Waals surface area (Å²) in [6.45, 7) is 5.31. The van der Waals surface area contributed by atoms with Crippen molar-refractivity contribution in [2.75, 3.05) is 11.9 Å². The van der Waals surface area contributed by atoms with Crippen molar-refractivity contribution in [2.45, 2.75) is 38.9 Å². The number of amides is 1. The van der Waals surface area contributed by atoms with Gasteiger partial charge in [-0.3, -0.25) is 14.8 Å². The minimum atomic E-state index is -0.464. The highest BCUT2D eigenvalue weighted by molar-refractivity contribution is 7.80. The molecule has 0 unspecified atom stereocenters. The number of carbonyl (C=O) groups is 1. The molecule has 5 rings (SSSR count). The van der Waals surface area contributed by atoms with E-state index in [0.29, 0.717) is 11.7 Å². The van der Waals surface area contributed by atoms with Gasteiger partial charge in [0.15, 0.2) is 5.11 Å². The second-order valence-corrected chi connectivity index (χ2v) is 9.75. The summed E-state index contributed by atoms with van der Waals surface area (Å²) >= 11 is 5.77. The standard InChI is InChI=1S/C29H29FN6OS/c1-19-17-22(20(2)36(19)18-21-10-14-31-15-11-21)28-27(25-9-5-6-13-32-25)34-29(38)35(28)16-12-26(37)33-24-8-4-3-7-23(24)30/h3-11,13-15,17,27-28H,12,16,18H2,1-2H3,(H,33,37)(H,34,38)/t27-,28+/m0/s1. The Morgan fingerprint density at radius 3 is 2.58 bits per heavy atom. The Labute approximate surface area is 226 Å². The number of nitrogens with one attached hydrogen (secondary N) is 2. The normalized spacial score (nSPS) is 16.9. The smallest absolute Gasteiger partial charge is 0.226 e. The number of aromatic nitrogens is 3. The van der Waals surface area contributed by atoms with Crippen molar-refractivity contribution in [2.24, 2.45) is 0 Å². The molecule has 0 bridgehead atoms. The lowest BCUT2D eigenvalue weighted by Crippen LogP contribution is -2.33. The fraction of sp³-hybridized carbons (Fsp3) is 0.241. The highest BCUT2D eigenvalue weighted by Gasteiger charge is 2.41. The molecule has 0 saturated carbocycles. The number of pyridine rings is 2. The number of para-hydroxylation sites is 1. The van der Waals surface area contributed by atoms with E-state index in [1.165, 1.54) is 6.07 Å². The van der Waals surface area contributed by atoms with Crippen LogP contribution in [0.4, 0.5) is 10.1 Å². The Hall–Kier alpha value is -4.11. The molecule has 1 saturated heterocycles. The molecule has 2 N–H and O–H groups in total. The maximum atomic E-state index is 14.0. The number of halogens is 1. The van der Waals surface area contributed by atoms with Crippen molar-refractivity contribution in [3.05, 3.63) is 113 Å². The van der Waals surface area contributed by atoms with Crippen molar-refractivity contribution in [3.8, 4) is 0 Å². The van der Waals surface area contributed by atoms with Crippen LogP contribution in [0.2, 0.25) is 0 Å². The summed E-state index contributed by atoms with van der Waals surface area (Å²) in [4.78, 5) is 23.5. The van der Waals surface area contributed by atoms with Crippen LogP contribution in [0.15, 0.2) is 79.3 Å². The predicted molar refractivity (Wildman–Crippen MR) is 149 cm³/mol. The van der Waals surface area contributed by atoms with Crippen LogP contribution in [0.5, 0.6) is 0 Å². The quantitative estimate of drug-likeness (QED) is 0.311. The van der Waals surface area contributed by atoms with Crippen LogP contribution in [-0.2, 0) is 11.3 Å². The van der Waals surface area contributed by atoms with Crippen molar-refractivity contribution >= 4 is 28.9 Å². The molecule has 1 aliphatic rings. The molecule has 0 spiro atoms. The predicted octanol–water partition coefficient (Wildman–Crippen LogP) is 5.08. The van der Waals surface area contributed by atoms with E-state index in [1.807, 2.05) is 35.2 Å². The summed E-state index contributed by atoms with van der Waals surface area (Å²) in [7, 11) is 0. The third-order valence-electron chi connectivity index (χ3n) is 6.95. The highest BCUT2D eigenvalue weighted by atomic mass is 32.1. The lowest BCUT2D eigenvalue weighted by molar-refractivity contribution is -0.116. The van der Waals surface area contributed by atoms with Gasteiger partial charge in [-0.15, -0.1) is 0 Å². The van der Waals surface area contributed by atoms with Gasteiger partial charge in [0.2, 0.25) is 5.91 Å². The monoisotopic (exact) mass is 528 g/mol. The molecular formula is C29H29FN6OS. The number of benzene rings is 1. The van der Waals surface area contributed by atoms with Crippen LogP contribution in [0.3, 0.4) is 0 Å². The van der Waals surface area contributed by atoms with Crippen LogP contribution in [0.25, 0.3) is 0 Å². The summed E-state index contributed by atoms with van der Waals surface area (Å²) in [6, 6.07) is 17.8. The summed E-state index contributed by atoms with van der Waals surface area (Å²) < 4.78 is 16.3. The molecule has 1 aliphatic heterocycles. The molecule has 9 heteroatoms. The lowest BCUT2D eigenvalue weighted by atomic mass is 9.96. The first-order valence-electron chi connectivity index (χ1n) is 12.5. The molecule has 0 aliphatic carbocycles. The number of hydrogen-bond acceptors (Lipinski definition) is 4. The third-order valence-corrected chi connectivity index (χ3v) is 7.30. The van der Waals surface area contributed by atoms with Crippen molar-refractivity contribution in [1.82, 2.24) is 24.8 Å². The molecule has 194 valence electrons. The maximum absolute atomic E-state index is 14.0. The van der Waals surface area contributed by atoms with Crippen molar-refractivity contribution in [1.29, 1.82) is 0 Å². The Morgan fingerprint density at radius 1 is 1.08 bits per heavy atom. The topological polar surface area (TPSA) is 75.1 Å². The summed E-state index contributed by atoms with van der Waals surface area (Å²) in [5.74, 6) is -0.741. The molecule has 0 radical (unpaired) electrons. The van der Waals surface area contributed by atoms with Crippen LogP contribution >= 0.6 is 12.2 Å². The second kappa shape index (κ2) is 11.1. The highest BCUT2D eigenvalue weighted by Crippen LogP contribution is 2.41. The van der Waals surface area contributed by atoms with Crippen molar-refractivity contribution in [3.63, 3.8) is 0 Å². The summed E-state index contributed by atoms with van der Waals surface area (Å²) in [5, 5.41) is 6.67. The van der Waals surface area contributed by atoms with Gasteiger partial charge >= 0.3 is 0 Å². The van der Waals surface area contributed by atoms with E-state index in [-0.39, 0.29) is 30.1 Å². The number of nitrogens with zero attached hydrogens (tertiary/aromatic N) is 4. The van der Waals surface area contributed by atoms with Gasteiger partial charge in [-0.2, -0.15) is 0 Å². The molecule has 38 heavy (non-hydrogen) atoms. The summed E-state index contributed by atoms with van der Waals surface area (Å²) in [6.07, 6.45) is 5.52. The van der Waals surface area contributed by atoms with E-state index >= 15 is 0 Å². The van der Waals surface area contributed by atoms with E-state index in [0.717, 1.165) is 34.8 Å². The largest absolute Gasteiger partial charge is 0.352 e. The molecule has 2 atom stereocenters. The van der Waals surface area contributed by atoms with Gasteiger partial charge < -0.3 is 20.1 Å². The van der Waals surface area contributed by atoms with Crippen LogP contribution in [0, 0.1) is 19.7 Å². The van der Waals surface area contributed by atoms with Crippen molar-refractivity contribution < 1.29 is 9.18 Å². The van der Waals surface area contributed by atoms with Gasteiger partial charge in [-0.1, -0.05) is 18.2 Å². The average Bonchev–Trinajstić information content (AvgIpc) is 3.40.